The molecule has 0 fully saturated rings. The maximum Gasteiger partial charge on any atom is 0.264 e. The highest BCUT2D eigenvalue weighted by atomic mass is 35.5. The number of anilines is 1. The molecule has 0 saturated carbocycles. The van der Waals surface area contributed by atoms with Gasteiger partial charge in [-0.3, -0.25) is 13.9 Å². The first-order chi connectivity index (χ1) is 18.4. The summed E-state index contributed by atoms with van der Waals surface area (Å²) in [6.45, 7) is 6.77. The maximum atomic E-state index is 13.9. The van der Waals surface area contributed by atoms with E-state index in [1.165, 1.54) is 29.2 Å². The van der Waals surface area contributed by atoms with Gasteiger partial charge < -0.3 is 10.2 Å². The molecule has 0 aliphatic carbocycles. The number of aryl methyl sites for hydroxylation is 1. The molecule has 0 aliphatic rings. The SMILES string of the molecule is Cc1ccc(S(=O)(=O)N(CC(=O)N(CCc2ccccc2)C(C)C(=O)NC(C)C)c2cccc(Cl)c2Cl)cc1. The summed E-state index contributed by atoms with van der Waals surface area (Å²) in [5.41, 5.74) is 1.93. The maximum absolute atomic E-state index is 13.9. The van der Waals surface area contributed by atoms with Crippen molar-refractivity contribution in [3.8, 4) is 0 Å². The summed E-state index contributed by atoms with van der Waals surface area (Å²) in [4.78, 5) is 28.2. The van der Waals surface area contributed by atoms with Gasteiger partial charge in [0, 0.05) is 12.6 Å². The van der Waals surface area contributed by atoms with Crippen LogP contribution in [0.2, 0.25) is 10.0 Å². The Kier molecular flexibility index (Phi) is 10.4. The number of nitrogens with one attached hydrogen (secondary N) is 1. The molecule has 1 N–H and O–H groups in total. The van der Waals surface area contributed by atoms with E-state index in [1.807, 2.05) is 51.1 Å². The van der Waals surface area contributed by atoms with E-state index >= 15 is 0 Å². The van der Waals surface area contributed by atoms with Gasteiger partial charge in [-0.2, -0.15) is 0 Å². The summed E-state index contributed by atoms with van der Waals surface area (Å²) in [6, 6.07) is 19.5. The van der Waals surface area contributed by atoms with Crippen molar-refractivity contribution in [1.82, 2.24) is 10.2 Å². The first-order valence-electron chi connectivity index (χ1n) is 12.6. The summed E-state index contributed by atoms with van der Waals surface area (Å²) in [5, 5.41) is 2.99. The number of sulfonamides is 1. The van der Waals surface area contributed by atoms with Crippen LogP contribution in [0.4, 0.5) is 5.69 Å². The number of carbonyl (C=O) groups is 2. The molecule has 10 heteroatoms. The van der Waals surface area contributed by atoms with Crippen molar-refractivity contribution in [3.05, 3.63) is 94.0 Å². The number of benzene rings is 3. The molecule has 208 valence electrons. The molecular formula is C29H33Cl2N3O4S. The van der Waals surface area contributed by atoms with Gasteiger partial charge in [0.2, 0.25) is 11.8 Å². The van der Waals surface area contributed by atoms with Crippen molar-refractivity contribution in [3.63, 3.8) is 0 Å². The second-order valence-corrected chi connectivity index (χ2v) is 12.2. The molecule has 0 aromatic heterocycles. The molecule has 7 nitrogen and oxygen atoms in total. The van der Waals surface area contributed by atoms with E-state index in [9.17, 15) is 18.0 Å². The lowest BCUT2D eigenvalue weighted by Gasteiger charge is -2.32. The predicted molar refractivity (Wildman–Crippen MR) is 157 cm³/mol. The van der Waals surface area contributed by atoms with E-state index in [4.69, 9.17) is 23.2 Å². The Morgan fingerprint density at radius 3 is 2.15 bits per heavy atom. The molecular weight excluding hydrogens is 557 g/mol. The molecule has 0 saturated heterocycles. The standard InChI is InChI=1S/C29H33Cl2N3O4S/c1-20(2)32-29(36)22(4)33(18-17-23-9-6-5-7-10-23)27(35)19-34(26-12-8-11-25(30)28(26)31)39(37,38)24-15-13-21(3)14-16-24/h5-16,20,22H,17-19H2,1-4H3,(H,32,36). The Morgan fingerprint density at radius 2 is 1.54 bits per heavy atom. The molecule has 2 amide bonds. The topological polar surface area (TPSA) is 86.8 Å². The van der Waals surface area contributed by atoms with E-state index in [0.29, 0.717) is 6.42 Å². The Morgan fingerprint density at radius 1 is 0.897 bits per heavy atom. The van der Waals surface area contributed by atoms with Crippen LogP contribution >= 0.6 is 23.2 Å². The Hall–Kier alpha value is -3.07. The fraction of sp³-hybridized carbons (Fsp3) is 0.310. The molecule has 0 radical (unpaired) electrons. The molecule has 0 aliphatic heterocycles. The molecule has 39 heavy (non-hydrogen) atoms. The molecule has 0 bridgehead atoms. The summed E-state index contributed by atoms with van der Waals surface area (Å²) in [6.07, 6.45) is 0.481. The number of carbonyl (C=O) groups excluding carboxylic acids is 2. The lowest BCUT2D eigenvalue weighted by molar-refractivity contribution is -0.139. The molecule has 3 aromatic carbocycles. The van der Waals surface area contributed by atoms with Gasteiger partial charge in [0.1, 0.15) is 12.6 Å². The molecule has 3 rings (SSSR count). The van der Waals surface area contributed by atoms with Crippen LogP contribution in [0, 0.1) is 6.92 Å². The van der Waals surface area contributed by atoms with Gasteiger partial charge in [-0.05, 0) is 63.9 Å². The van der Waals surface area contributed by atoms with Gasteiger partial charge in [-0.15, -0.1) is 0 Å². The second kappa shape index (κ2) is 13.3. The molecule has 0 heterocycles. The van der Waals surface area contributed by atoms with Gasteiger partial charge in [-0.1, -0.05) is 77.3 Å². The molecule has 1 unspecified atom stereocenters. The fourth-order valence-electron chi connectivity index (χ4n) is 4.01. The minimum atomic E-state index is -4.23. The molecule has 1 atom stereocenters. The van der Waals surface area contributed by atoms with E-state index in [-0.39, 0.29) is 39.1 Å². The first kappa shape index (κ1) is 30.5. The van der Waals surface area contributed by atoms with Crippen LogP contribution in [0.25, 0.3) is 0 Å². The lowest BCUT2D eigenvalue weighted by atomic mass is 10.1. The third kappa shape index (κ3) is 7.75. The van der Waals surface area contributed by atoms with Crippen LogP contribution < -0.4 is 9.62 Å². The van der Waals surface area contributed by atoms with Gasteiger partial charge in [0.05, 0.1) is 20.6 Å². The van der Waals surface area contributed by atoms with Gasteiger partial charge in [-0.25, -0.2) is 8.42 Å². The zero-order valence-corrected chi connectivity index (χ0v) is 24.7. The van der Waals surface area contributed by atoms with E-state index in [0.717, 1.165) is 15.4 Å². The third-order valence-corrected chi connectivity index (χ3v) is 8.75. The summed E-state index contributed by atoms with van der Waals surface area (Å²) in [5.74, 6) is -0.885. The zero-order valence-electron chi connectivity index (χ0n) is 22.4. The van der Waals surface area contributed by atoms with E-state index < -0.39 is 28.5 Å². The second-order valence-electron chi connectivity index (χ2n) is 9.56. The summed E-state index contributed by atoms with van der Waals surface area (Å²) >= 11 is 12.7. The van der Waals surface area contributed by atoms with Crippen LogP contribution in [-0.2, 0) is 26.0 Å². The third-order valence-electron chi connectivity index (χ3n) is 6.17. The Labute approximate surface area is 240 Å². The average Bonchev–Trinajstić information content (AvgIpc) is 2.89. The van der Waals surface area contributed by atoms with Crippen molar-refractivity contribution in [2.45, 2.75) is 51.1 Å². The number of hydrogen-bond acceptors (Lipinski definition) is 4. The molecule has 0 spiro atoms. The predicted octanol–water partition coefficient (Wildman–Crippen LogP) is 5.48. The highest BCUT2D eigenvalue weighted by Crippen LogP contribution is 2.35. The highest BCUT2D eigenvalue weighted by molar-refractivity contribution is 7.92. The Bertz CT molecular complexity index is 1400. The number of rotatable bonds is 11. The van der Waals surface area contributed by atoms with Crippen LogP contribution in [0.3, 0.4) is 0 Å². The van der Waals surface area contributed by atoms with Crippen molar-refractivity contribution >= 4 is 50.7 Å². The molecule has 3 aromatic rings. The zero-order chi connectivity index (χ0) is 28.7. The van der Waals surface area contributed by atoms with E-state index in [1.54, 1.807) is 25.1 Å². The average molecular weight is 591 g/mol. The quantitative estimate of drug-likeness (QED) is 0.321. The van der Waals surface area contributed by atoms with Crippen LogP contribution in [-0.4, -0.2) is 50.3 Å². The van der Waals surface area contributed by atoms with Gasteiger partial charge >= 0.3 is 0 Å². The van der Waals surface area contributed by atoms with Crippen molar-refractivity contribution in [2.24, 2.45) is 0 Å². The van der Waals surface area contributed by atoms with Crippen molar-refractivity contribution in [2.75, 3.05) is 17.4 Å². The number of halogens is 2. The smallest absolute Gasteiger partial charge is 0.264 e. The van der Waals surface area contributed by atoms with Gasteiger partial charge in [0.25, 0.3) is 10.0 Å². The largest absolute Gasteiger partial charge is 0.352 e. The van der Waals surface area contributed by atoms with Gasteiger partial charge in [0.15, 0.2) is 0 Å². The first-order valence-corrected chi connectivity index (χ1v) is 14.8. The monoisotopic (exact) mass is 589 g/mol. The van der Waals surface area contributed by atoms with Crippen LogP contribution in [0.1, 0.15) is 31.9 Å². The van der Waals surface area contributed by atoms with Crippen LogP contribution in [0.15, 0.2) is 77.7 Å². The van der Waals surface area contributed by atoms with Crippen molar-refractivity contribution in [1.29, 1.82) is 0 Å². The fourth-order valence-corrected chi connectivity index (χ4v) is 5.88. The summed E-state index contributed by atoms with van der Waals surface area (Å²) in [7, 11) is -4.23. The minimum Gasteiger partial charge on any atom is -0.352 e. The number of amides is 2. The Balaban J connectivity index is 2.02. The number of nitrogens with zero attached hydrogens (tertiary/aromatic N) is 2. The minimum absolute atomic E-state index is 0.00150. The lowest BCUT2D eigenvalue weighted by Crippen LogP contribution is -2.53. The van der Waals surface area contributed by atoms with Crippen LogP contribution in [0.5, 0.6) is 0 Å². The highest BCUT2D eigenvalue weighted by Gasteiger charge is 2.33. The summed E-state index contributed by atoms with van der Waals surface area (Å²) < 4.78 is 28.7. The van der Waals surface area contributed by atoms with Crippen molar-refractivity contribution < 1.29 is 18.0 Å². The van der Waals surface area contributed by atoms with E-state index in [2.05, 4.69) is 5.32 Å². The number of hydrogen-bond donors (Lipinski definition) is 1. The normalized spacial score (nSPS) is 12.2.